The normalized spacial score (nSPS) is 12.9. The van der Waals surface area contributed by atoms with E-state index in [9.17, 15) is 9.59 Å². The molecule has 1 fully saturated rings. The predicted molar refractivity (Wildman–Crippen MR) is 141 cm³/mol. The third-order valence-electron chi connectivity index (χ3n) is 6.39. The average Bonchev–Trinajstić information content (AvgIpc) is 3.65. The highest BCUT2D eigenvalue weighted by atomic mass is 16.5. The Balaban J connectivity index is 1.50. The summed E-state index contributed by atoms with van der Waals surface area (Å²) in [5.41, 5.74) is 10.9. The first-order valence-corrected chi connectivity index (χ1v) is 12.6. The smallest absolute Gasteiger partial charge is 0.310 e. The number of amides is 1. The molecule has 1 aliphatic rings. The zero-order chi connectivity index (χ0) is 25.8. The molecule has 0 aliphatic heterocycles. The highest BCUT2D eigenvalue weighted by molar-refractivity contribution is 6.00. The molecule has 190 valence electrons. The van der Waals surface area contributed by atoms with Gasteiger partial charge in [0.25, 0.3) is 5.91 Å². The lowest BCUT2D eigenvalue weighted by Crippen LogP contribution is -2.26. The van der Waals surface area contributed by atoms with Gasteiger partial charge in [-0.3, -0.25) is 9.59 Å². The number of rotatable bonds is 10. The van der Waals surface area contributed by atoms with Crippen molar-refractivity contribution in [2.45, 2.75) is 45.4 Å². The topological polar surface area (TPSA) is 104 Å². The van der Waals surface area contributed by atoms with Gasteiger partial charge in [0.2, 0.25) is 0 Å². The molecular weight excluding hydrogens is 468 g/mol. The fraction of sp³-hybridized carbons (Fsp3) is 0.267. The lowest BCUT2D eigenvalue weighted by atomic mass is 10.0. The SMILES string of the molecule is CCOC(=O)Cc1ccccc1OCc1c(C(=O)NC2CC2)oc2ccc(-c3cccc(CN)c3)cc12. The number of nitrogens with one attached hydrogen (secondary N) is 1. The number of esters is 1. The van der Waals surface area contributed by atoms with Gasteiger partial charge in [0.1, 0.15) is 17.9 Å². The highest BCUT2D eigenvalue weighted by Crippen LogP contribution is 2.33. The maximum atomic E-state index is 13.1. The molecule has 0 radical (unpaired) electrons. The minimum Gasteiger partial charge on any atom is -0.488 e. The molecule has 1 aliphatic carbocycles. The third kappa shape index (κ3) is 5.67. The maximum Gasteiger partial charge on any atom is 0.310 e. The fourth-order valence-corrected chi connectivity index (χ4v) is 4.32. The average molecular weight is 499 g/mol. The summed E-state index contributed by atoms with van der Waals surface area (Å²) < 4.78 is 17.4. The van der Waals surface area contributed by atoms with Crippen LogP contribution in [0.4, 0.5) is 0 Å². The van der Waals surface area contributed by atoms with Crippen molar-refractivity contribution in [1.29, 1.82) is 0 Å². The van der Waals surface area contributed by atoms with E-state index < -0.39 is 0 Å². The number of benzene rings is 3. The monoisotopic (exact) mass is 498 g/mol. The molecule has 0 saturated heterocycles. The van der Waals surface area contributed by atoms with Gasteiger partial charge in [0.15, 0.2) is 5.76 Å². The molecule has 4 aromatic rings. The Morgan fingerprint density at radius 1 is 1.03 bits per heavy atom. The second-order valence-corrected chi connectivity index (χ2v) is 9.15. The number of carbonyl (C=O) groups is 2. The van der Waals surface area contributed by atoms with Crippen LogP contribution in [0.1, 0.15) is 47.0 Å². The Hall–Kier alpha value is -4.10. The van der Waals surface area contributed by atoms with Crippen molar-refractivity contribution in [3.8, 4) is 16.9 Å². The Kier molecular flexibility index (Phi) is 7.23. The Morgan fingerprint density at radius 3 is 2.62 bits per heavy atom. The molecule has 7 nitrogen and oxygen atoms in total. The van der Waals surface area contributed by atoms with Crippen LogP contribution < -0.4 is 15.8 Å². The summed E-state index contributed by atoms with van der Waals surface area (Å²) in [5.74, 6) is 0.243. The van der Waals surface area contributed by atoms with Gasteiger partial charge in [-0.15, -0.1) is 0 Å². The number of hydrogen-bond donors (Lipinski definition) is 2. The molecule has 3 aromatic carbocycles. The van der Waals surface area contributed by atoms with E-state index in [1.807, 2.05) is 60.7 Å². The molecule has 3 N–H and O–H groups in total. The number of furan rings is 1. The third-order valence-corrected chi connectivity index (χ3v) is 6.39. The molecular formula is C30H30N2O5. The second-order valence-electron chi connectivity index (χ2n) is 9.15. The van der Waals surface area contributed by atoms with Gasteiger partial charge < -0.3 is 24.9 Å². The van der Waals surface area contributed by atoms with Crippen LogP contribution in [-0.2, 0) is 29.1 Å². The van der Waals surface area contributed by atoms with Crippen molar-refractivity contribution in [2.24, 2.45) is 5.73 Å². The minimum absolute atomic E-state index is 0.104. The van der Waals surface area contributed by atoms with Crippen LogP contribution >= 0.6 is 0 Å². The van der Waals surface area contributed by atoms with Crippen LogP contribution in [0.2, 0.25) is 0 Å². The molecule has 1 saturated carbocycles. The molecule has 0 unspecified atom stereocenters. The van der Waals surface area contributed by atoms with Gasteiger partial charge in [-0.2, -0.15) is 0 Å². The molecule has 7 heteroatoms. The van der Waals surface area contributed by atoms with Gasteiger partial charge in [-0.1, -0.05) is 42.5 Å². The predicted octanol–water partition coefficient (Wildman–Crippen LogP) is 5.14. The highest BCUT2D eigenvalue weighted by Gasteiger charge is 2.28. The van der Waals surface area contributed by atoms with Crippen molar-refractivity contribution in [3.63, 3.8) is 0 Å². The minimum atomic E-state index is -0.318. The van der Waals surface area contributed by atoms with E-state index in [0.29, 0.717) is 30.0 Å². The second kappa shape index (κ2) is 10.9. The quantitative estimate of drug-likeness (QED) is 0.294. The van der Waals surface area contributed by atoms with E-state index in [1.165, 1.54) is 0 Å². The van der Waals surface area contributed by atoms with Crippen molar-refractivity contribution < 1.29 is 23.5 Å². The number of carbonyl (C=O) groups excluding carboxylic acids is 2. The summed E-state index contributed by atoms with van der Waals surface area (Å²) in [6.07, 6.45) is 2.05. The van der Waals surface area contributed by atoms with E-state index in [2.05, 4.69) is 11.4 Å². The van der Waals surface area contributed by atoms with Crippen molar-refractivity contribution in [3.05, 3.63) is 89.2 Å². The van der Waals surface area contributed by atoms with Gasteiger partial charge in [-0.25, -0.2) is 0 Å². The van der Waals surface area contributed by atoms with E-state index in [4.69, 9.17) is 19.6 Å². The number of ether oxygens (including phenoxy) is 2. The van der Waals surface area contributed by atoms with E-state index in [0.717, 1.165) is 40.5 Å². The summed E-state index contributed by atoms with van der Waals surface area (Å²) in [6, 6.07) is 21.5. The van der Waals surface area contributed by atoms with Crippen LogP contribution in [-0.4, -0.2) is 24.5 Å². The first-order valence-electron chi connectivity index (χ1n) is 12.6. The van der Waals surface area contributed by atoms with Crippen molar-refractivity contribution in [2.75, 3.05) is 6.61 Å². The van der Waals surface area contributed by atoms with Gasteiger partial charge >= 0.3 is 5.97 Å². The van der Waals surface area contributed by atoms with Gasteiger partial charge in [-0.05, 0) is 60.7 Å². The largest absolute Gasteiger partial charge is 0.488 e. The van der Waals surface area contributed by atoms with Gasteiger partial charge in [0, 0.05) is 29.1 Å². The summed E-state index contributed by atoms with van der Waals surface area (Å²) in [5, 5.41) is 3.82. The molecule has 0 bridgehead atoms. The standard InChI is InChI=1S/C30H30N2O5/c1-2-35-28(33)16-22-7-3-4-9-26(22)36-18-25-24-15-21(20-8-5-6-19(14-20)17-31)10-13-27(24)37-29(25)30(34)32-23-11-12-23/h3-10,13-15,23H,2,11-12,16-18,31H2,1H3,(H,32,34). The van der Waals surface area contributed by atoms with Crippen molar-refractivity contribution >= 4 is 22.8 Å². The van der Waals surface area contributed by atoms with Crippen LogP contribution in [0.15, 0.2) is 71.1 Å². The molecule has 1 amide bonds. The first-order chi connectivity index (χ1) is 18.1. The van der Waals surface area contributed by atoms with Crippen LogP contribution in [0.25, 0.3) is 22.1 Å². The van der Waals surface area contributed by atoms with E-state index in [-0.39, 0.29) is 36.7 Å². The Labute approximate surface area is 215 Å². The molecule has 1 heterocycles. The Morgan fingerprint density at radius 2 is 1.84 bits per heavy atom. The number of nitrogens with two attached hydrogens (primary N) is 1. The van der Waals surface area contributed by atoms with Crippen molar-refractivity contribution in [1.82, 2.24) is 5.32 Å². The van der Waals surface area contributed by atoms with Crippen LogP contribution in [0, 0.1) is 0 Å². The number of hydrogen-bond acceptors (Lipinski definition) is 6. The maximum absolute atomic E-state index is 13.1. The number of para-hydroxylation sites is 1. The van der Waals surface area contributed by atoms with Crippen LogP contribution in [0.3, 0.4) is 0 Å². The summed E-state index contributed by atoms with van der Waals surface area (Å²) >= 11 is 0. The zero-order valence-corrected chi connectivity index (χ0v) is 20.8. The lowest BCUT2D eigenvalue weighted by molar-refractivity contribution is -0.142. The lowest BCUT2D eigenvalue weighted by Gasteiger charge is -2.12. The molecule has 37 heavy (non-hydrogen) atoms. The van der Waals surface area contributed by atoms with Crippen LogP contribution in [0.5, 0.6) is 5.75 Å². The summed E-state index contributed by atoms with van der Waals surface area (Å²) in [7, 11) is 0. The molecule has 5 rings (SSSR count). The van der Waals surface area contributed by atoms with E-state index >= 15 is 0 Å². The summed E-state index contributed by atoms with van der Waals surface area (Å²) in [4.78, 5) is 25.2. The Bertz CT molecular complexity index is 1440. The van der Waals surface area contributed by atoms with E-state index in [1.54, 1.807) is 6.92 Å². The number of fused-ring (bicyclic) bond motifs is 1. The first kappa shape index (κ1) is 24.6. The zero-order valence-electron chi connectivity index (χ0n) is 20.8. The fourth-order valence-electron chi connectivity index (χ4n) is 4.32. The molecule has 0 spiro atoms. The summed E-state index contributed by atoms with van der Waals surface area (Å²) in [6.45, 7) is 2.65. The molecule has 0 atom stereocenters. The van der Waals surface area contributed by atoms with Gasteiger partial charge in [0.05, 0.1) is 13.0 Å². The molecule has 1 aromatic heterocycles.